The first kappa shape index (κ1) is 53.2. The molecule has 3 fully saturated rings. The molecular weight excluding hydrogens is 823 g/mol. The lowest BCUT2D eigenvalue weighted by Gasteiger charge is -2.42. The van der Waals surface area contributed by atoms with Crippen molar-refractivity contribution in [3.05, 3.63) is 47.6 Å². The van der Waals surface area contributed by atoms with Crippen LogP contribution in [0.5, 0.6) is 0 Å². The Morgan fingerprint density at radius 2 is 1.58 bits per heavy atom. The van der Waals surface area contributed by atoms with Gasteiger partial charge in [-0.15, -0.1) is 0 Å². The van der Waals surface area contributed by atoms with Crippen molar-refractivity contribution < 1.29 is 63.3 Å². The monoisotopic (exact) mass is 900 g/mol. The normalized spacial score (nSPS) is 40.9. The predicted octanol–water partition coefficient (Wildman–Crippen LogP) is 5.53. The summed E-state index contributed by atoms with van der Waals surface area (Å²) in [5.74, 6) is -8.24. The molecule has 1 amide bonds. The maximum absolute atomic E-state index is 14.3. The van der Waals surface area contributed by atoms with Gasteiger partial charge in [0.15, 0.2) is 5.78 Å². The molecule has 14 heteroatoms. The standard InChI is InChI=1S/C50H77NO13/c1-29-15-11-10-12-16-30(2)40(53)27-37-20-18-35(7)50(60,64-37)47(57)48(58)51-22-14-13-17-38(51)49(59)63-42(32(4)25-36-19-21-39(52)43(26-36)61-8)28-41(54)31(3)24-34(6)45(56)46(62-9)44(55)33(5)23-29/h10-12,15-16,24,29,31-33,35-40,42-43,45-46,52-53,56,60H,13-14,17-23,25-28H2,1-9H3/b12-10+,15-11+,30-16+,34-24+/t29-,31-,32-,33-,35-,36?,37+,38?,39-,40+,42+,43-,45-,46+,50-/m1/s1. The van der Waals surface area contributed by atoms with E-state index in [1.165, 1.54) is 7.11 Å². The minimum atomic E-state index is -2.48. The number of piperidine rings is 1. The zero-order valence-electron chi connectivity index (χ0n) is 39.6. The Kier molecular flexibility index (Phi) is 20.3. The summed E-state index contributed by atoms with van der Waals surface area (Å²) >= 11 is 0. The predicted molar refractivity (Wildman–Crippen MR) is 240 cm³/mol. The average Bonchev–Trinajstić information content (AvgIpc) is 3.26. The number of carbonyl (C=O) groups is 5. The van der Waals surface area contributed by atoms with Gasteiger partial charge in [-0.2, -0.15) is 0 Å². The van der Waals surface area contributed by atoms with Crippen LogP contribution in [0, 0.1) is 35.5 Å². The number of cyclic esters (lactones) is 1. The number of esters is 1. The largest absolute Gasteiger partial charge is 0.460 e. The number of Topliss-reactive ketones (excluding diaryl/α,β-unsaturated/α-hetero) is 3. The van der Waals surface area contributed by atoms with E-state index in [1.807, 2.05) is 32.1 Å². The lowest BCUT2D eigenvalue weighted by atomic mass is 9.78. The Hall–Kier alpha value is -3.37. The molecule has 1 aliphatic carbocycles. The van der Waals surface area contributed by atoms with Crippen LogP contribution in [0.4, 0.5) is 0 Å². The second-order valence-electron chi connectivity index (χ2n) is 19.4. The number of nitrogens with zero attached hydrogens (tertiary/aromatic N) is 1. The molecule has 3 heterocycles. The molecule has 3 aliphatic heterocycles. The quantitative estimate of drug-likeness (QED) is 0.153. The third-order valence-corrected chi connectivity index (χ3v) is 14.2. The fourth-order valence-corrected chi connectivity index (χ4v) is 9.85. The Balaban J connectivity index is 1.69. The number of ether oxygens (including phenoxy) is 4. The van der Waals surface area contributed by atoms with Crippen molar-refractivity contribution in [2.24, 2.45) is 35.5 Å². The van der Waals surface area contributed by atoms with Gasteiger partial charge in [0.05, 0.1) is 24.4 Å². The Morgan fingerprint density at radius 1 is 0.859 bits per heavy atom. The van der Waals surface area contributed by atoms with Gasteiger partial charge in [-0.1, -0.05) is 71.1 Å². The summed E-state index contributed by atoms with van der Waals surface area (Å²) in [6.07, 6.45) is 9.53. The summed E-state index contributed by atoms with van der Waals surface area (Å²) in [4.78, 5) is 71.4. The van der Waals surface area contributed by atoms with Crippen molar-refractivity contribution in [1.82, 2.24) is 4.90 Å². The fourth-order valence-electron chi connectivity index (χ4n) is 9.85. The Morgan fingerprint density at radius 3 is 2.27 bits per heavy atom. The van der Waals surface area contributed by atoms with Gasteiger partial charge in [0.25, 0.3) is 11.7 Å². The molecule has 2 saturated heterocycles. The van der Waals surface area contributed by atoms with Gasteiger partial charge in [-0.25, -0.2) is 4.79 Å². The van der Waals surface area contributed by atoms with Crippen LogP contribution in [0.25, 0.3) is 0 Å². The second-order valence-corrected chi connectivity index (χ2v) is 19.4. The van der Waals surface area contributed by atoms with Gasteiger partial charge in [-0.05, 0) is 107 Å². The highest BCUT2D eigenvalue weighted by atomic mass is 16.6. The molecule has 0 aromatic heterocycles. The topological polar surface area (TPSA) is 206 Å². The van der Waals surface area contributed by atoms with Crippen molar-refractivity contribution in [2.75, 3.05) is 20.8 Å². The molecule has 0 radical (unpaired) electrons. The van der Waals surface area contributed by atoms with Crippen LogP contribution in [0.3, 0.4) is 0 Å². The highest BCUT2D eigenvalue weighted by Crippen LogP contribution is 2.37. The first-order valence-corrected chi connectivity index (χ1v) is 23.5. The summed E-state index contributed by atoms with van der Waals surface area (Å²) < 4.78 is 23.3. The number of rotatable bonds is 5. The zero-order chi connectivity index (χ0) is 47.5. The summed E-state index contributed by atoms with van der Waals surface area (Å²) in [5, 5.41) is 44.8. The number of hydrogen-bond donors (Lipinski definition) is 4. The average molecular weight is 900 g/mol. The number of carbonyl (C=O) groups excluding carboxylic acids is 5. The molecule has 14 nitrogen and oxygen atoms in total. The second kappa shape index (κ2) is 24.4. The molecule has 1 saturated carbocycles. The first-order chi connectivity index (χ1) is 30.2. The number of amides is 1. The molecule has 64 heavy (non-hydrogen) atoms. The highest BCUT2D eigenvalue weighted by Gasteiger charge is 2.53. The summed E-state index contributed by atoms with van der Waals surface area (Å²) in [6.45, 7) is 12.5. The number of fused-ring (bicyclic) bond motifs is 3. The van der Waals surface area contributed by atoms with Crippen molar-refractivity contribution in [3.8, 4) is 0 Å². The third kappa shape index (κ3) is 13.8. The van der Waals surface area contributed by atoms with Crippen molar-refractivity contribution >= 4 is 29.2 Å². The molecule has 15 atom stereocenters. The summed E-state index contributed by atoms with van der Waals surface area (Å²) in [5.41, 5.74) is 1.000. The molecule has 0 aromatic carbocycles. The van der Waals surface area contributed by atoms with E-state index in [9.17, 15) is 44.4 Å². The van der Waals surface area contributed by atoms with Crippen LogP contribution in [0.15, 0.2) is 47.6 Å². The van der Waals surface area contributed by atoms with Crippen molar-refractivity contribution in [1.29, 1.82) is 0 Å². The molecular formula is C50H77NO13. The van der Waals surface area contributed by atoms with Gasteiger partial charge >= 0.3 is 5.97 Å². The Labute approximate surface area is 380 Å². The summed E-state index contributed by atoms with van der Waals surface area (Å²) in [6, 6.07) is -1.16. The maximum Gasteiger partial charge on any atom is 0.329 e. The fraction of sp³-hybridized carbons (Fsp3) is 0.740. The highest BCUT2D eigenvalue weighted by molar-refractivity contribution is 6.39. The number of hydrogen-bond acceptors (Lipinski definition) is 13. The third-order valence-electron chi connectivity index (χ3n) is 14.2. The van der Waals surface area contributed by atoms with E-state index in [-0.39, 0.29) is 61.2 Å². The zero-order valence-corrected chi connectivity index (χ0v) is 39.6. The van der Waals surface area contributed by atoms with Crippen molar-refractivity contribution in [3.63, 3.8) is 0 Å². The molecule has 2 bridgehead atoms. The smallest absolute Gasteiger partial charge is 0.329 e. The van der Waals surface area contributed by atoms with E-state index in [2.05, 4.69) is 0 Å². The number of aliphatic hydroxyl groups is 4. The van der Waals surface area contributed by atoms with E-state index in [1.54, 1.807) is 60.0 Å². The lowest BCUT2D eigenvalue weighted by Crippen LogP contribution is -2.61. The minimum Gasteiger partial charge on any atom is -0.460 e. The summed E-state index contributed by atoms with van der Waals surface area (Å²) in [7, 11) is 2.93. The van der Waals surface area contributed by atoms with Gasteiger partial charge in [-0.3, -0.25) is 19.2 Å². The van der Waals surface area contributed by atoms with Gasteiger partial charge in [0, 0.05) is 51.4 Å². The molecule has 4 rings (SSSR count). The van der Waals surface area contributed by atoms with Gasteiger partial charge in [0.1, 0.15) is 30.1 Å². The van der Waals surface area contributed by atoms with E-state index in [4.69, 9.17) is 18.9 Å². The maximum atomic E-state index is 14.3. The van der Waals surface area contributed by atoms with Crippen LogP contribution in [0.1, 0.15) is 126 Å². The molecule has 360 valence electrons. The van der Waals surface area contributed by atoms with Crippen LogP contribution < -0.4 is 0 Å². The van der Waals surface area contributed by atoms with Crippen LogP contribution in [-0.4, -0.2) is 130 Å². The number of ketones is 3. The van der Waals surface area contributed by atoms with Gasteiger partial charge in [0.2, 0.25) is 5.79 Å². The van der Waals surface area contributed by atoms with Gasteiger partial charge < -0.3 is 44.3 Å². The molecule has 4 aliphatic rings. The van der Waals surface area contributed by atoms with Crippen LogP contribution in [-0.2, 0) is 42.9 Å². The Bertz CT molecular complexity index is 1740. The number of aliphatic hydroxyl groups excluding tert-OH is 3. The van der Waals surface area contributed by atoms with E-state index >= 15 is 0 Å². The molecule has 4 N–H and O–H groups in total. The lowest BCUT2D eigenvalue weighted by molar-refractivity contribution is -0.265. The number of allylic oxidation sites excluding steroid dienone is 6. The van der Waals surface area contributed by atoms with Crippen LogP contribution >= 0.6 is 0 Å². The first-order valence-electron chi connectivity index (χ1n) is 23.5. The van der Waals surface area contributed by atoms with E-state index in [0.717, 1.165) is 4.90 Å². The minimum absolute atomic E-state index is 0.00489. The molecule has 0 aromatic rings. The molecule has 2 unspecified atom stereocenters. The SMILES string of the molecule is CO[C@@H]1CC(C[C@@H](C)[C@@H]2CC(=O)[C@H](C)/C=C(\C)[C@@H](O)[C@@H](OC)C(=O)[C@H](C)C[C@H](C)/C=C/C=C/C=C(\C)[C@@H](O)C[C@@H]3CC[C@@H](C)[C@@](O)(O3)C(=O)C(=O)N3CCCCC3C(=O)O2)CC[C@H]1O. The molecule has 0 spiro atoms. The van der Waals surface area contributed by atoms with E-state index in [0.29, 0.717) is 68.9 Å². The van der Waals surface area contributed by atoms with Crippen molar-refractivity contribution in [2.45, 2.75) is 180 Å². The van der Waals surface area contributed by atoms with E-state index < -0.39 is 83.9 Å². The number of methoxy groups -OCH3 is 2. The van der Waals surface area contributed by atoms with Crippen LogP contribution in [0.2, 0.25) is 0 Å².